The lowest BCUT2D eigenvalue weighted by molar-refractivity contribution is -0.142. The number of nitrogens with one attached hydrogen (secondary N) is 1. The molecule has 1 aromatic rings. The molecule has 27 heavy (non-hydrogen) atoms. The topological polar surface area (TPSA) is 101 Å². The van der Waals surface area contributed by atoms with Gasteiger partial charge in [-0.05, 0) is 25.3 Å². The van der Waals surface area contributed by atoms with E-state index in [0.717, 1.165) is 12.1 Å². The molecular formula is C19H27N3O5. The number of methoxy groups -OCH3 is 1. The Hall–Kier alpha value is -2.19. The lowest BCUT2D eigenvalue weighted by atomic mass is 9.78. The number of ether oxygens (including phenoxy) is 1. The van der Waals surface area contributed by atoms with E-state index in [1.807, 2.05) is 6.07 Å². The van der Waals surface area contributed by atoms with Gasteiger partial charge in [0.1, 0.15) is 6.10 Å². The summed E-state index contributed by atoms with van der Waals surface area (Å²) in [4.78, 5) is 38.6. The largest absolute Gasteiger partial charge is 0.384 e. The van der Waals surface area contributed by atoms with Crippen molar-refractivity contribution < 1.29 is 19.4 Å². The van der Waals surface area contributed by atoms with Gasteiger partial charge in [0.2, 0.25) is 5.91 Å². The van der Waals surface area contributed by atoms with Crippen LogP contribution in [-0.4, -0.2) is 65.8 Å². The number of hydrogen-bond donors (Lipinski definition) is 2. The number of piperidine rings is 1. The number of carbonyl (C=O) groups is 2. The summed E-state index contributed by atoms with van der Waals surface area (Å²) in [5.41, 5.74) is 0.798. The Kier molecular flexibility index (Phi) is 5.96. The fourth-order valence-corrected chi connectivity index (χ4v) is 4.25. The van der Waals surface area contributed by atoms with Crippen molar-refractivity contribution in [1.82, 2.24) is 14.8 Å². The molecule has 2 aliphatic heterocycles. The van der Waals surface area contributed by atoms with Crippen LogP contribution in [0.1, 0.15) is 37.4 Å². The molecule has 0 aromatic carbocycles. The van der Waals surface area contributed by atoms with Crippen molar-refractivity contribution in [3.63, 3.8) is 0 Å². The summed E-state index contributed by atoms with van der Waals surface area (Å²) < 4.78 is 6.70. The molecule has 0 spiro atoms. The number of rotatable bonds is 6. The number of amides is 2. The van der Waals surface area contributed by atoms with Crippen molar-refractivity contribution in [2.75, 3.05) is 33.4 Å². The predicted molar refractivity (Wildman–Crippen MR) is 98.4 cm³/mol. The van der Waals surface area contributed by atoms with Crippen molar-refractivity contribution in [1.29, 1.82) is 0 Å². The zero-order valence-electron chi connectivity index (χ0n) is 15.8. The Bertz CT molecular complexity index is 760. The van der Waals surface area contributed by atoms with Gasteiger partial charge in [-0.3, -0.25) is 14.4 Å². The zero-order valence-corrected chi connectivity index (χ0v) is 15.8. The van der Waals surface area contributed by atoms with Crippen LogP contribution in [0.5, 0.6) is 0 Å². The molecule has 2 bridgehead atoms. The van der Waals surface area contributed by atoms with Crippen molar-refractivity contribution in [2.45, 2.75) is 37.8 Å². The molecule has 1 fully saturated rings. The van der Waals surface area contributed by atoms with Gasteiger partial charge in [0, 0.05) is 50.8 Å². The molecule has 0 aliphatic carbocycles. The second-order valence-corrected chi connectivity index (χ2v) is 7.39. The average Bonchev–Trinajstić information content (AvgIpc) is 2.65. The fourth-order valence-electron chi connectivity index (χ4n) is 4.25. The smallest absolute Gasteiger partial charge is 0.251 e. The predicted octanol–water partition coefficient (Wildman–Crippen LogP) is -0.131. The molecule has 1 saturated heterocycles. The Morgan fingerprint density at radius 1 is 1.37 bits per heavy atom. The molecule has 148 valence electrons. The van der Waals surface area contributed by atoms with Crippen molar-refractivity contribution in [3.8, 4) is 0 Å². The summed E-state index contributed by atoms with van der Waals surface area (Å²) in [5, 5.41) is 12.6. The molecule has 0 radical (unpaired) electrons. The average molecular weight is 377 g/mol. The second-order valence-electron chi connectivity index (χ2n) is 7.39. The number of likely N-dealkylation sites (tertiary alicyclic amines) is 1. The van der Waals surface area contributed by atoms with E-state index in [4.69, 9.17) is 4.74 Å². The number of nitrogens with zero attached hydrogens (tertiary/aromatic N) is 2. The first-order chi connectivity index (χ1) is 12.9. The maximum Gasteiger partial charge on any atom is 0.251 e. The van der Waals surface area contributed by atoms with Gasteiger partial charge in [0.05, 0.1) is 12.6 Å². The van der Waals surface area contributed by atoms with Crippen LogP contribution < -0.4 is 10.9 Å². The van der Waals surface area contributed by atoms with Crippen LogP contribution in [0, 0.1) is 5.92 Å². The van der Waals surface area contributed by atoms with Crippen LogP contribution in [0.3, 0.4) is 0 Å². The van der Waals surface area contributed by atoms with Gasteiger partial charge in [-0.1, -0.05) is 6.07 Å². The molecule has 3 heterocycles. The van der Waals surface area contributed by atoms with Crippen molar-refractivity contribution in [2.24, 2.45) is 5.92 Å². The normalized spacial score (nSPS) is 24.9. The van der Waals surface area contributed by atoms with Crippen LogP contribution in [0.4, 0.5) is 0 Å². The highest BCUT2D eigenvalue weighted by molar-refractivity contribution is 5.80. The van der Waals surface area contributed by atoms with E-state index < -0.39 is 6.10 Å². The zero-order chi connectivity index (χ0) is 19.6. The second kappa shape index (κ2) is 8.22. The van der Waals surface area contributed by atoms with Crippen LogP contribution in [0.25, 0.3) is 0 Å². The van der Waals surface area contributed by atoms with Crippen LogP contribution >= 0.6 is 0 Å². The van der Waals surface area contributed by atoms with E-state index in [1.54, 1.807) is 22.6 Å². The number of aliphatic hydroxyl groups excluding tert-OH is 1. The van der Waals surface area contributed by atoms with Gasteiger partial charge in [-0.2, -0.15) is 0 Å². The van der Waals surface area contributed by atoms with Gasteiger partial charge in [0.25, 0.3) is 11.5 Å². The molecule has 8 heteroatoms. The van der Waals surface area contributed by atoms with E-state index in [1.165, 1.54) is 13.0 Å². The quantitative estimate of drug-likeness (QED) is 0.719. The molecule has 0 saturated carbocycles. The first-order valence-corrected chi connectivity index (χ1v) is 9.36. The van der Waals surface area contributed by atoms with E-state index >= 15 is 0 Å². The van der Waals surface area contributed by atoms with E-state index in [9.17, 15) is 19.5 Å². The summed E-state index contributed by atoms with van der Waals surface area (Å²) >= 11 is 0. The number of carbonyl (C=O) groups excluding carboxylic acids is 2. The van der Waals surface area contributed by atoms with E-state index in [-0.39, 0.29) is 41.7 Å². The summed E-state index contributed by atoms with van der Waals surface area (Å²) in [7, 11) is 1.54. The van der Waals surface area contributed by atoms with Crippen LogP contribution in [-0.2, 0) is 14.3 Å². The molecule has 2 aliphatic rings. The molecule has 8 nitrogen and oxygen atoms in total. The lowest BCUT2D eigenvalue weighted by Gasteiger charge is -2.47. The first-order valence-electron chi connectivity index (χ1n) is 9.36. The fraction of sp³-hybridized carbons (Fsp3) is 0.632. The van der Waals surface area contributed by atoms with Gasteiger partial charge in [-0.25, -0.2) is 0 Å². The Morgan fingerprint density at radius 3 is 2.85 bits per heavy atom. The summed E-state index contributed by atoms with van der Waals surface area (Å²) in [6.07, 6.45) is 0.0692. The van der Waals surface area contributed by atoms with Gasteiger partial charge in [-0.15, -0.1) is 0 Å². The minimum atomic E-state index is -1.05. The van der Waals surface area contributed by atoms with Crippen molar-refractivity contribution in [3.05, 3.63) is 34.2 Å². The number of pyridine rings is 1. The third-order valence-electron chi connectivity index (χ3n) is 5.51. The third-order valence-corrected chi connectivity index (χ3v) is 5.51. The Morgan fingerprint density at radius 2 is 2.15 bits per heavy atom. The van der Waals surface area contributed by atoms with Gasteiger partial charge >= 0.3 is 0 Å². The number of fused-ring (bicyclic) bond motifs is 4. The van der Waals surface area contributed by atoms with E-state index in [0.29, 0.717) is 26.2 Å². The minimum Gasteiger partial charge on any atom is -0.384 e. The maximum atomic E-state index is 12.6. The maximum absolute atomic E-state index is 12.6. The van der Waals surface area contributed by atoms with Crippen LogP contribution in [0.2, 0.25) is 0 Å². The molecule has 4 atom stereocenters. The number of hydrogen-bond acceptors (Lipinski definition) is 5. The third kappa shape index (κ3) is 4.06. The first kappa shape index (κ1) is 19.6. The molecular weight excluding hydrogens is 350 g/mol. The number of aliphatic hydroxyl groups is 1. The Labute approximate surface area is 158 Å². The summed E-state index contributed by atoms with van der Waals surface area (Å²) in [6.45, 7) is 3.11. The highest BCUT2D eigenvalue weighted by Crippen LogP contribution is 2.40. The summed E-state index contributed by atoms with van der Waals surface area (Å²) in [5.74, 6) is -0.320. The highest BCUT2D eigenvalue weighted by Gasteiger charge is 2.42. The monoisotopic (exact) mass is 377 g/mol. The molecule has 2 amide bonds. The highest BCUT2D eigenvalue weighted by atomic mass is 16.5. The molecule has 1 aromatic heterocycles. The standard InChI is InChI=1S/C19H27N3O5/c1-12(23)19(26)21-10-13-8-14(11-21)16(9-20-17(24)6-7-27-2)22-15(13)4-3-5-18(22)25/h3-5,12-14,16,23H,6-11H2,1-2H3,(H,20,24)/t12-,13+,14-,16-/m0/s1. The van der Waals surface area contributed by atoms with Crippen LogP contribution in [0.15, 0.2) is 23.0 Å². The lowest BCUT2D eigenvalue weighted by Crippen LogP contribution is -2.54. The van der Waals surface area contributed by atoms with E-state index in [2.05, 4.69) is 5.32 Å². The SMILES string of the molecule is COCCC(=O)NC[C@H]1[C@H]2C[C@H](CN(C(=O)[C@H](C)O)C2)c2cccc(=O)n21. The van der Waals surface area contributed by atoms with Crippen molar-refractivity contribution >= 4 is 11.8 Å². The number of aromatic nitrogens is 1. The summed E-state index contributed by atoms with van der Waals surface area (Å²) in [6, 6.07) is 4.96. The van der Waals surface area contributed by atoms with Gasteiger partial charge in [0.15, 0.2) is 0 Å². The minimum absolute atomic E-state index is 0.0433. The molecule has 0 unspecified atom stereocenters. The Balaban J connectivity index is 1.85. The molecule has 3 rings (SSSR count). The molecule has 2 N–H and O–H groups in total. The van der Waals surface area contributed by atoms with Gasteiger partial charge < -0.3 is 24.6 Å².